The Morgan fingerprint density at radius 2 is 1.75 bits per heavy atom. The maximum Gasteiger partial charge on any atom is 0.397 e. The van der Waals surface area contributed by atoms with Crippen molar-refractivity contribution in [1.29, 1.82) is 0 Å². The van der Waals surface area contributed by atoms with Crippen molar-refractivity contribution in [1.82, 2.24) is 0 Å². The maximum atomic E-state index is 10.3. The second kappa shape index (κ2) is 5.08. The molecule has 12 heavy (non-hydrogen) atoms. The van der Waals surface area contributed by atoms with Crippen LogP contribution in [0.3, 0.4) is 0 Å². The average Bonchev–Trinajstić information content (AvgIpc) is 1.84. The molecule has 0 aliphatic carbocycles. The first-order valence-corrected chi connectivity index (χ1v) is 4.73. The zero-order chi connectivity index (χ0) is 9.61. The van der Waals surface area contributed by atoms with Crippen LogP contribution in [0.4, 0.5) is 0 Å². The molecule has 0 aliphatic rings. The summed E-state index contributed by atoms with van der Waals surface area (Å²) in [6, 6.07) is 0. The highest BCUT2D eigenvalue weighted by Crippen LogP contribution is 2.07. The molecule has 0 rings (SSSR count). The minimum absolute atomic E-state index is 0.353. The molecule has 0 saturated carbocycles. The van der Waals surface area contributed by atoms with Crippen molar-refractivity contribution in [2.75, 3.05) is 0 Å². The lowest BCUT2D eigenvalue weighted by molar-refractivity contribution is 0.186. The molecule has 0 aliphatic heterocycles. The summed E-state index contributed by atoms with van der Waals surface area (Å²) in [5, 5.41) is 0. The predicted molar refractivity (Wildman–Crippen MR) is 46.0 cm³/mol. The molecule has 0 unspecified atom stereocenters. The van der Waals surface area contributed by atoms with Gasteiger partial charge in [0.2, 0.25) is 0 Å². The van der Waals surface area contributed by atoms with Crippen molar-refractivity contribution in [2.24, 2.45) is 0 Å². The predicted octanol–water partition coefficient (Wildman–Crippen LogP) is 1.33. The Hall–Kier alpha value is -0.650. The van der Waals surface area contributed by atoms with Gasteiger partial charge in [-0.3, -0.25) is 4.55 Å². The molecule has 0 fully saturated rings. The van der Waals surface area contributed by atoms with Crippen LogP contribution in [0.25, 0.3) is 0 Å². The summed E-state index contributed by atoms with van der Waals surface area (Å²) in [5.41, 5.74) is 0. The molecule has 0 amide bonds. The van der Waals surface area contributed by atoms with E-state index in [2.05, 4.69) is 17.3 Å². The molecule has 0 radical (unpaired) electrons. The van der Waals surface area contributed by atoms with E-state index in [0.29, 0.717) is 12.8 Å². The zero-order valence-corrected chi connectivity index (χ0v) is 7.46. The number of hydrogen-bond acceptors (Lipinski definition) is 3. The summed E-state index contributed by atoms with van der Waals surface area (Å²) in [6.07, 6.45) is 3.13. The Morgan fingerprint density at radius 3 is 2.00 bits per heavy atom. The minimum Gasteiger partial charge on any atom is -0.264 e. The zero-order valence-electron chi connectivity index (χ0n) is 6.64. The van der Waals surface area contributed by atoms with Crippen molar-refractivity contribution >= 4 is 10.4 Å². The molecule has 0 saturated heterocycles. The summed E-state index contributed by atoms with van der Waals surface area (Å²) in [4.78, 5) is 0. The van der Waals surface area contributed by atoms with Crippen molar-refractivity contribution in [2.45, 2.75) is 18.9 Å². The molecule has 0 aromatic carbocycles. The second-order valence-corrected chi connectivity index (χ2v) is 3.24. The van der Waals surface area contributed by atoms with Gasteiger partial charge in [-0.1, -0.05) is 12.2 Å². The van der Waals surface area contributed by atoms with Gasteiger partial charge in [0.05, 0.1) is 6.10 Å². The Morgan fingerprint density at radius 1 is 1.33 bits per heavy atom. The molecule has 0 heterocycles. The van der Waals surface area contributed by atoms with Gasteiger partial charge in [0, 0.05) is 0 Å². The van der Waals surface area contributed by atoms with Crippen LogP contribution in [0.1, 0.15) is 12.8 Å². The van der Waals surface area contributed by atoms with E-state index in [0.717, 1.165) is 0 Å². The topological polar surface area (TPSA) is 63.6 Å². The third kappa shape index (κ3) is 6.09. The van der Waals surface area contributed by atoms with Gasteiger partial charge in [-0.05, 0) is 12.8 Å². The quantitative estimate of drug-likeness (QED) is 0.509. The summed E-state index contributed by atoms with van der Waals surface area (Å²) in [7, 11) is -4.36. The minimum atomic E-state index is -4.36. The highest BCUT2D eigenvalue weighted by Gasteiger charge is 2.13. The van der Waals surface area contributed by atoms with Gasteiger partial charge in [-0.25, -0.2) is 4.18 Å². The maximum absolute atomic E-state index is 10.3. The van der Waals surface area contributed by atoms with Crippen LogP contribution in [0.15, 0.2) is 25.3 Å². The van der Waals surface area contributed by atoms with Crippen LogP contribution >= 0.6 is 0 Å². The first kappa shape index (κ1) is 11.4. The van der Waals surface area contributed by atoms with Gasteiger partial charge in [0.1, 0.15) is 0 Å². The van der Waals surface area contributed by atoms with E-state index >= 15 is 0 Å². The van der Waals surface area contributed by atoms with Gasteiger partial charge in [-0.15, -0.1) is 13.2 Å². The van der Waals surface area contributed by atoms with Gasteiger partial charge in [0.25, 0.3) is 0 Å². The molecular weight excluding hydrogens is 180 g/mol. The van der Waals surface area contributed by atoms with Gasteiger partial charge in [-0.2, -0.15) is 8.42 Å². The fourth-order valence-electron chi connectivity index (χ4n) is 0.719. The molecule has 0 aromatic rings. The summed E-state index contributed by atoms with van der Waals surface area (Å²) in [5.74, 6) is 0. The monoisotopic (exact) mass is 192 g/mol. The van der Waals surface area contributed by atoms with Crippen LogP contribution in [0, 0.1) is 0 Å². The number of rotatable bonds is 6. The van der Waals surface area contributed by atoms with Gasteiger partial charge in [0.15, 0.2) is 0 Å². The van der Waals surface area contributed by atoms with Crippen LogP contribution in [0.5, 0.6) is 0 Å². The molecule has 0 atom stereocenters. The van der Waals surface area contributed by atoms with Crippen LogP contribution in [0.2, 0.25) is 0 Å². The molecule has 70 valence electrons. The molecule has 5 heteroatoms. The van der Waals surface area contributed by atoms with E-state index in [9.17, 15) is 8.42 Å². The molecule has 0 aromatic heterocycles. The van der Waals surface area contributed by atoms with E-state index in [1.165, 1.54) is 12.2 Å². The van der Waals surface area contributed by atoms with E-state index in [-0.39, 0.29) is 0 Å². The second-order valence-electron chi connectivity index (χ2n) is 2.19. The van der Waals surface area contributed by atoms with Crippen molar-refractivity contribution in [3.05, 3.63) is 25.3 Å². The SMILES string of the molecule is C=CCC(CC=C)OS(=O)(=O)O. The molecular formula is C7H12O4S. The third-order valence-corrected chi connectivity index (χ3v) is 1.63. The van der Waals surface area contributed by atoms with Gasteiger partial charge < -0.3 is 0 Å². The summed E-state index contributed by atoms with van der Waals surface area (Å²) in [6.45, 7) is 6.84. The Labute approximate surface area is 72.5 Å². The Kier molecular flexibility index (Phi) is 4.80. The van der Waals surface area contributed by atoms with Crippen LogP contribution in [-0.2, 0) is 14.6 Å². The Balaban J connectivity index is 4.12. The van der Waals surface area contributed by atoms with Crippen LogP contribution < -0.4 is 0 Å². The molecule has 4 nitrogen and oxygen atoms in total. The highest BCUT2D eigenvalue weighted by molar-refractivity contribution is 7.80. The van der Waals surface area contributed by atoms with Crippen molar-refractivity contribution < 1.29 is 17.2 Å². The largest absolute Gasteiger partial charge is 0.397 e. The number of hydrogen-bond donors (Lipinski definition) is 1. The third-order valence-electron chi connectivity index (χ3n) is 1.12. The lowest BCUT2D eigenvalue weighted by Gasteiger charge is -2.10. The van der Waals surface area contributed by atoms with E-state index in [4.69, 9.17) is 4.55 Å². The molecule has 0 bridgehead atoms. The average molecular weight is 192 g/mol. The highest BCUT2D eigenvalue weighted by atomic mass is 32.3. The fourth-order valence-corrected chi connectivity index (χ4v) is 1.22. The first-order chi connectivity index (χ1) is 5.49. The molecule has 0 spiro atoms. The van der Waals surface area contributed by atoms with Crippen molar-refractivity contribution in [3.8, 4) is 0 Å². The van der Waals surface area contributed by atoms with Crippen LogP contribution in [-0.4, -0.2) is 19.1 Å². The van der Waals surface area contributed by atoms with E-state index < -0.39 is 16.5 Å². The standard InChI is InChI=1S/C7H12O4S/c1-3-5-7(6-4-2)11-12(8,9)10/h3-4,7H,1-2,5-6H2,(H,8,9,10). The van der Waals surface area contributed by atoms with E-state index in [1.54, 1.807) is 0 Å². The first-order valence-electron chi connectivity index (χ1n) is 3.37. The lowest BCUT2D eigenvalue weighted by atomic mass is 10.2. The molecule has 1 N–H and O–H groups in total. The van der Waals surface area contributed by atoms with Gasteiger partial charge >= 0.3 is 10.4 Å². The lowest BCUT2D eigenvalue weighted by Crippen LogP contribution is -2.16. The van der Waals surface area contributed by atoms with E-state index in [1.807, 2.05) is 0 Å². The Bertz CT molecular complexity index is 232. The summed E-state index contributed by atoms with van der Waals surface area (Å²) < 4.78 is 33.1. The fraction of sp³-hybridized carbons (Fsp3) is 0.429. The smallest absolute Gasteiger partial charge is 0.264 e. The normalized spacial score (nSPS) is 11.5. The van der Waals surface area contributed by atoms with Crippen molar-refractivity contribution in [3.63, 3.8) is 0 Å². The summed E-state index contributed by atoms with van der Waals surface area (Å²) >= 11 is 0.